The molecule has 4 nitrogen and oxygen atoms in total. The van der Waals surface area contributed by atoms with Gasteiger partial charge in [0.1, 0.15) is 0 Å². The van der Waals surface area contributed by atoms with E-state index in [-0.39, 0.29) is 5.91 Å². The Morgan fingerprint density at radius 2 is 1.67 bits per heavy atom. The van der Waals surface area contributed by atoms with Gasteiger partial charge in [-0.15, -0.1) is 0 Å². The molecule has 0 aliphatic carbocycles. The Balaban J connectivity index is 1.97. The van der Waals surface area contributed by atoms with Crippen LogP contribution < -0.4 is 5.32 Å². The number of nitrogens with one attached hydrogen (secondary N) is 1. The van der Waals surface area contributed by atoms with Gasteiger partial charge in [0, 0.05) is 18.7 Å². The second-order valence-electron chi connectivity index (χ2n) is 5.26. The van der Waals surface area contributed by atoms with Gasteiger partial charge in [0.2, 0.25) is 0 Å². The molecule has 5 heteroatoms. The summed E-state index contributed by atoms with van der Waals surface area (Å²) in [5.41, 5.74) is 1.75. The predicted octanol–water partition coefficient (Wildman–Crippen LogP) is 3.16. The summed E-state index contributed by atoms with van der Waals surface area (Å²) in [6, 6.07) is 21.1. The third-order valence-corrected chi connectivity index (χ3v) is 3.91. The number of carbonyl (C=O) groups is 1. The number of thiocarbonyl (C=S) groups is 1. The molecule has 0 saturated heterocycles. The lowest BCUT2D eigenvalue weighted by Crippen LogP contribution is -2.44. The largest absolute Gasteiger partial charge is 0.348 e. The van der Waals surface area contributed by atoms with E-state index in [9.17, 15) is 4.79 Å². The van der Waals surface area contributed by atoms with Crippen molar-refractivity contribution in [3.63, 3.8) is 0 Å². The van der Waals surface area contributed by atoms with Crippen molar-refractivity contribution in [1.29, 1.82) is 5.26 Å². The van der Waals surface area contributed by atoms with Crippen LogP contribution in [0, 0.1) is 11.3 Å². The number of rotatable bonds is 6. The van der Waals surface area contributed by atoms with E-state index in [0.717, 1.165) is 6.42 Å². The molecule has 0 spiro atoms. The molecule has 2 rings (SSSR count). The standard InChI is InChI=1S/C19H19N3OS/c20-13-7-14-22(15-12-16-8-3-1-4-9-16)19(24)21-18(23)17-10-5-2-6-11-17/h1-6,8-11H,7,12,14-15H2,(H,21,23,24). The predicted molar refractivity (Wildman–Crippen MR) is 98.5 cm³/mol. The lowest BCUT2D eigenvalue weighted by Gasteiger charge is -2.24. The minimum absolute atomic E-state index is 0.234. The Labute approximate surface area is 147 Å². The SMILES string of the molecule is N#CCCN(CCc1ccccc1)C(=S)NC(=O)c1ccccc1. The normalized spacial score (nSPS) is 9.79. The summed E-state index contributed by atoms with van der Waals surface area (Å²) in [7, 11) is 0. The van der Waals surface area contributed by atoms with Gasteiger partial charge in [0.15, 0.2) is 5.11 Å². The Hall–Kier alpha value is -2.71. The van der Waals surface area contributed by atoms with Gasteiger partial charge in [0.25, 0.3) is 5.91 Å². The minimum Gasteiger partial charge on any atom is -0.348 e. The van der Waals surface area contributed by atoms with E-state index in [4.69, 9.17) is 17.5 Å². The highest BCUT2D eigenvalue weighted by Gasteiger charge is 2.13. The number of amides is 1. The zero-order valence-electron chi connectivity index (χ0n) is 13.3. The average Bonchev–Trinajstić information content (AvgIpc) is 2.63. The van der Waals surface area contributed by atoms with Crippen molar-refractivity contribution in [2.75, 3.05) is 13.1 Å². The Bertz CT molecular complexity index is 710. The first-order valence-corrected chi connectivity index (χ1v) is 8.17. The van der Waals surface area contributed by atoms with Crippen LogP contribution in [0.25, 0.3) is 0 Å². The maximum Gasteiger partial charge on any atom is 0.257 e. The first-order valence-electron chi connectivity index (χ1n) is 7.77. The molecule has 24 heavy (non-hydrogen) atoms. The van der Waals surface area contributed by atoms with Crippen molar-refractivity contribution in [2.24, 2.45) is 0 Å². The second-order valence-corrected chi connectivity index (χ2v) is 5.64. The van der Waals surface area contributed by atoms with E-state index in [1.54, 1.807) is 24.3 Å². The maximum absolute atomic E-state index is 12.2. The molecule has 1 N–H and O–H groups in total. The third-order valence-electron chi connectivity index (χ3n) is 3.55. The fourth-order valence-corrected chi connectivity index (χ4v) is 2.52. The highest BCUT2D eigenvalue weighted by molar-refractivity contribution is 7.80. The molecule has 0 atom stereocenters. The third kappa shape index (κ3) is 5.49. The molecule has 2 aromatic rings. The Morgan fingerprint density at radius 1 is 1.04 bits per heavy atom. The summed E-state index contributed by atoms with van der Waals surface area (Å²) in [6.45, 7) is 1.15. The molecule has 122 valence electrons. The van der Waals surface area contributed by atoms with Crippen molar-refractivity contribution in [1.82, 2.24) is 10.2 Å². The second kappa shape index (κ2) is 9.43. The highest BCUT2D eigenvalue weighted by atomic mass is 32.1. The zero-order chi connectivity index (χ0) is 17.2. The molecule has 1 amide bonds. The van der Waals surface area contributed by atoms with E-state index in [1.165, 1.54) is 5.56 Å². The minimum atomic E-state index is -0.234. The molecular weight excluding hydrogens is 318 g/mol. The summed E-state index contributed by atoms with van der Waals surface area (Å²) in [5, 5.41) is 11.9. The number of benzene rings is 2. The number of hydrogen-bond acceptors (Lipinski definition) is 3. The molecular formula is C19H19N3OS. The Kier molecular flexibility index (Phi) is 6.93. The molecule has 0 aromatic heterocycles. The van der Waals surface area contributed by atoms with Crippen LogP contribution in [0.2, 0.25) is 0 Å². The average molecular weight is 337 g/mol. The van der Waals surface area contributed by atoms with Crippen molar-refractivity contribution in [3.05, 3.63) is 71.8 Å². The topological polar surface area (TPSA) is 56.1 Å². The van der Waals surface area contributed by atoms with Gasteiger partial charge >= 0.3 is 0 Å². The van der Waals surface area contributed by atoms with Gasteiger partial charge in [-0.25, -0.2) is 0 Å². The first kappa shape index (κ1) is 17.6. The van der Waals surface area contributed by atoms with Crippen LogP contribution in [-0.2, 0) is 6.42 Å². The molecule has 0 unspecified atom stereocenters. The molecule has 0 aliphatic heterocycles. The lowest BCUT2D eigenvalue weighted by molar-refractivity contribution is 0.0973. The van der Waals surface area contributed by atoms with Crippen molar-refractivity contribution in [3.8, 4) is 6.07 Å². The van der Waals surface area contributed by atoms with Crippen LogP contribution in [0.4, 0.5) is 0 Å². The molecule has 0 bridgehead atoms. The van der Waals surface area contributed by atoms with E-state index >= 15 is 0 Å². The summed E-state index contributed by atoms with van der Waals surface area (Å²) in [4.78, 5) is 14.1. The lowest BCUT2D eigenvalue weighted by atomic mass is 10.1. The fourth-order valence-electron chi connectivity index (χ4n) is 2.25. The number of nitriles is 1. The van der Waals surface area contributed by atoms with Crippen LogP contribution in [0.3, 0.4) is 0 Å². The zero-order valence-corrected chi connectivity index (χ0v) is 14.1. The number of carbonyl (C=O) groups excluding carboxylic acids is 1. The van der Waals surface area contributed by atoms with Crippen LogP contribution >= 0.6 is 12.2 Å². The summed E-state index contributed by atoms with van der Waals surface area (Å²) >= 11 is 5.37. The molecule has 0 heterocycles. The first-order chi connectivity index (χ1) is 11.7. The maximum atomic E-state index is 12.2. The van der Waals surface area contributed by atoms with E-state index < -0.39 is 0 Å². The van der Waals surface area contributed by atoms with Crippen molar-refractivity contribution in [2.45, 2.75) is 12.8 Å². The van der Waals surface area contributed by atoms with Gasteiger partial charge in [-0.3, -0.25) is 10.1 Å². The van der Waals surface area contributed by atoms with Crippen LogP contribution in [0.5, 0.6) is 0 Å². The summed E-state index contributed by atoms with van der Waals surface area (Å²) in [6.07, 6.45) is 1.16. The van der Waals surface area contributed by atoms with E-state index in [2.05, 4.69) is 11.4 Å². The molecule has 2 aromatic carbocycles. The van der Waals surface area contributed by atoms with E-state index in [1.807, 2.05) is 41.3 Å². The highest BCUT2D eigenvalue weighted by Crippen LogP contribution is 2.04. The monoisotopic (exact) mass is 337 g/mol. The smallest absolute Gasteiger partial charge is 0.257 e. The fraction of sp³-hybridized carbons (Fsp3) is 0.211. The van der Waals surface area contributed by atoms with Gasteiger partial charge in [-0.05, 0) is 36.3 Å². The van der Waals surface area contributed by atoms with Gasteiger partial charge in [-0.2, -0.15) is 5.26 Å². The summed E-state index contributed by atoms with van der Waals surface area (Å²) < 4.78 is 0. The quantitative estimate of drug-likeness (QED) is 0.823. The van der Waals surface area contributed by atoms with Crippen LogP contribution in [0.1, 0.15) is 22.3 Å². The van der Waals surface area contributed by atoms with Gasteiger partial charge < -0.3 is 4.90 Å². The van der Waals surface area contributed by atoms with Gasteiger partial charge in [-0.1, -0.05) is 48.5 Å². The molecule has 0 fully saturated rings. The number of nitrogens with zero attached hydrogens (tertiary/aromatic N) is 2. The van der Waals surface area contributed by atoms with Crippen LogP contribution in [0.15, 0.2) is 60.7 Å². The van der Waals surface area contributed by atoms with Crippen LogP contribution in [-0.4, -0.2) is 29.0 Å². The number of hydrogen-bond donors (Lipinski definition) is 1. The molecule has 0 radical (unpaired) electrons. The summed E-state index contributed by atoms with van der Waals surface area (Å²) in [5.74, 6) is -0.234. The molecule has 0 aliphatic rings. The Morgan fingerprint density at radius 3 is 2.29 bits per heavy atom. The van der Waals surface area contributed by atoms with E-state index in [0.29, 0.717) is 30.2 Å². The van der Waals surface area contributed by atoms with Gasteiger partial charge in [0.05, 0.1) is 12.5 Å². The molecule has 0 saturated carbocycles. The van der Waals surface area contributed by atoms with Crippen molar-refractivity contribution >= 4 is 23.2 Å². The van der Waals surface area contributed by atoms with Crippen molar-refractivity contribution < 1.29 is 4.79 Å².